The molecule has 1 amide bonds. The van der Waals surface area contributed by atoms with Crippen LogP contribution in [-0.2, 0) is 9.59 Å². The van der Waals surface area contributed by atoms with Gasteiger partial charge in [0.15, 0.2) is 0 Å². The molecule has 0 bridgehead atoms. The van der Waals surface area contributed by atoms with Crippen molar-refractivity contribution in [3.8, 4) is 0 Å². The maximum absolute atomic E-state index is 11.0. The Morgan fingerprint density at radius 3 is 2.69 bits per heavy atom. The number of β-lactam (4-membered cyclic amide) rings is 1. The minimum absolute atomic E-state index is 0. The van der Waals surface area contributed by atoms with Gasteiger partial charge in [0, 0.05) is 4.91 Å². The normalized spacial score (nSPS) is 25.2. The van der Waals surface area contributed by atoms with Gasteiger partial charge >= 0.3 is 29.6 Å². The van der Waals surface area contributed by atoms with Crippen molar-refractivity contribution < 1.29 is 44.3 Å². The van der Waals surface area contributed by atoms with Gasteiger partial charge in [0.2, 0.25) is 5.91 Å². The van der Waals surface area contributed by atoms with E-state index in [-0.39, 0.29) is 46.5 Å². The molecule has 64 valence electrons. The van der Waals surface area contributed by atoms with Crippen molar-refractivity contribution >= 4 is 23.6 Å². The van der Waals surface area contributed by atoms with Crippen molar-refractivity contribution in [2.75, 3.05) is 0 Å². The van der Waals surface area contributed by atoms with Gasteiger partial charge in [-0.1, -0.05) is 0 Å². The third-order valence-electron chi connectivity index (χ3n) is 1.99. The van der Waals surface area contributed by atoms with E-state index in [9.17, 15) is 14.7 Å². The van der Waals surface area contributed by atoms with Gasteiger partial charge in [-0.05, 0) is 6.92 Å². The molecule has 2 aliphatic rings. The Bertz CT molecular complexity index is 315. The number of rotatable bonds is 1. The van der Waals surface area contributed by atoms with Crippen LogP contribution < -0.4 is 34.7 Å². The fourth-order valence-electron chi connectivity index (χ4n) is 1.42. The second-order valence-electron chi connectivity index (χ2n) is 2.73. The molecule has 1 saturated heterocycles. The fraction of sp³-hybridized carbons (Fsp3) is 0.429. The third kappa shape index (κ3) is 1.54. The Labute approximate surface area is 102 Å². The molecule has 0 saturated carbocycles. The molecule has 0 aromatic rings. The summed E-state index contributed by atoms with van der Waals surface area (Å²) in [4.78, 5) is 23.5. The molecular weight excluding hydrogens is 201 g/mol. The quantitative estimate of drug-likeness (QED) is 0.328. The SMILES string of the molecule is CC1=C(C(=O)[O-])N2C(=O)C[C@H]2S1.[Na+]. The molecular formula is C7H6NNaO3S. The van der Waals surface area contributed by atoms with E-state index in [1.54, 1.807) is 6.92 Å². The molecule has 2 rings (SSSR count). The molecule has 0 aromatic carbocycles. The summed E-state index contributed by atoms with van der Waals surface area (Å²) in [6, 6.07) is 0. The molecule has 6 heteroatoms. The molecule has 0 aliphatic carbocycles. The number of hydrogen-bond acceptors (Lipinski definition) is 4. The number of carbonyl (C=O) groups excluding carboxylic acids is 2. The van der Waals surface area contributed by atoms with E-state index in [1.807, 2.05) is 0 Å². The van der Waals surface area contributed by atoms with Gasteiger partial charge in [-0.15, -0.1) is 11.8 Å². The van der Waals surface area contributed by atoms with Gasteiger partial charge in [-0.25, -0.2) is 0 Å². The van der Waals surface area contributed by atoms with Crippen LogP contribution in [0.3, 0.4) is 0 Å². The van der Waals surface area contributed by atoms with E-state index < -0.39 is 5.97 Å². The van der Waals surface area contributed by atoms with Crippen molar-refractivity contribution in [2.24, 2.45) is 0 Å². The van der Waals surface area contributed by atoms with Crippen molar-refractivity contribution in [3.05, 3.63) is 10.6 Å². The number of allylic oxidation sites excluding steroid dienone is 1. The number of carboxylic acid groups (broad SMARTS) is 1. The summed E-state index contributed by atoms with van der Waals surface area (Å²) in [6.45, 7) is 1.70. The fourth-order valence-corrected chi connectivity index (χ4v) is 2.68. The number of nitrogens with zero attached hydrogens (tertiary/aromatic N) is 1. The molecule has 2 heterocycles. The van der Waals surface area contributed by atoms with Crippen molar-refractivity contribution in [3.63, 3.8) is 0 Å². The Morgan fingerprint density at radius 2 is 2.31 bits per heavy atom. The first kappa shape index (κ1) is 11.1. The topological polar surface area (TPSA) is 60.4 Å². The third-order valence-corrected chi connectivity index (χ3v) is 3.18. The van der Waals surface area contributed by atoms with Gasteiger partial charge in [-0.3, -0.25) is 9.69 Å². The predicted molar refractivity (Wildman–Crippen MR) is 40.5 cm³/mol. The van der Waals surface area contributed by atoms with Crippen LogP contribution >= 0.6 is 11.8 Å². The second kappa shape index (κ2) is 3.65. The Hall–Kier alpha value is 0.0300. The first-order valence-electron chi connectivity index (χ1n) is 3.52. The summed E-state index contributed by atoms with van der Waals surface area (Å²) in [5.74, 6) is -1.38. The van der Waals surface area contributed by atoms with E-state index in [0.717, 1.165) is 0 Å². The largest absolute Gasteiger partial charge is 1.00 e. The van der Waals surface area contributed by atoms with Crippen LogP contribution in [-0.4, -0.2) is 22.2 Å². The number of thioether (sulfide) groups is 1. The Morgan fingerprint density at radius 1 is 1.69 bits per heavy atom. The number of hydrogen-bond donors (Lipinski definition) is 0. The van der Waals surface area contributed by atoms with Gasteiger partial charge in [0.1, 0.15) is 0 Å². The number of fused-ring (bicyclic) bond motifs is 1. The molecule has 2 aliphatic heterocycles. The van der Waals surface area contributed by atoms with E-state index >= 15 is 0 Å². The minimum Gasteiger partial charge on any atom is -0.543 e. The summed E-state index contributed by atoms with van der Waals surface area (Å²) in [7, 11) is 0. The summed E-state index contributed by atoms with van der Waals surface area (Å²) in [5.41, 5.74) is 0.0567. The maximum atomic E-state index is 11.0. The summed E-state index contributed by atoms with van der Waals surface area (Å²) in [6.07, 6.45) is 0.443. The molecule has 0 N–H and O–H groups in total. The molecule has 13 heavy (non-hydrogen) atoms. The summed E-state index contributed by atoms with van der Waals surface area (Å²) >= 11 is 1.42. The molecule has 1 atom stereocenters. The van der Waals surface area contributed by atoms with Crippen LogP contribution in [0.1, 0.15) is 13.3 Å². The smallest absolute Gasteiger partial charge is 0.543 e. The number of aliphatic carboxylic acids is 1. The van der Waals surface area contributed by atoms with Crippen molar-refractivity contribution in [2.45, 2.75) is 18.7 Å². The average Bonchev–Trinajstić information content (AvgIpc) is 2.22. The standard InChI is InChI=1S/C7H7NO3S.Na/c1-3-6(7(10)11)8-4(9)2-5(8)12-3;/h5H,2H2,1H3,(H,10,11);/q;+1/p-1/t5-;/m1./s1. The molecule has 0 unspecified atom stereocenters. The van der Waals surface area contributed by atoms with Crippen LogP contribution in [0.25, 0.3) is 0 Å². The first-order valence-corrected chi connectivity index (χ1v) is 4.40. The molecule has 1 fully saturated rings. The van der Waals surface area contributed by atoms with E-state index in [1.165, 1.54) is 16.7 Å². The van der Waals surface area contributed by atoms with Crippen molar-refractivity contribution in [1.29, 1.82) is 0 Å². The first-order chi connectivity index (χ1) is 5.61. The van der Waals surface area contributed by atoms with Crippen LogP contribution in [0.15, 0.2) is 10.6 Å². The van der Waals surface area contributed by atoms with Crippen molar-refractivity contribution in [1.82, 2.24) is 4.90 Å². The molecule has 0 aromatic heterocycles. The molecule has 0 spiro atoms. The van der Waals surface area contributed by atoms with Gasteiger partial charge in [0.25, 0.3) is 0 Å². The zero-order valence-electron chi connectivity index (χ0n) is 7.36. The predicted octanol–water partition coefficient (Wildman–Crippen LogP) is -3.72. The Balaban J connectivity index is 0.000000845. The van der Waals surface area contributed by atoms with Crippen LogP contribution in [0.4, 0.5) is 0 Å². The van der Waals surface area contributed by atoms with E-state index in [4.69, 9.17) is 0 Å². The van der Waals surface area contributed by atoms with Crippen LogP contribution in [0, 0.1) is 0 Å². The van der Waals surface area contributed by atoms with Crippen LogP contribution in [0.5, 0.6) is 0 Å². The summed E-state index contributed by atoms with van der Waals surface area (Å²) < 4.78 is 0. The number of amides is 1. The number of carbonyl (C=O) groups is 2. The second-order valence-corrected chi connectivity index (χ2v) is 4.12. The van der Waals surface area contributed by atoms with E-state index in [2.05, 4.69) is 0 Å². The minimum atomic E-state index is -1.25. The Kier molecular flexibility index (Phi) is 3.12. The van der Waals surface area contributed by atoms with Gasteiger partial charge in [-0.2, -0.15) is 0 Å². The monoisotopic (exact) mass is 207 g/mol. The van der Waals surface area contributed by atoms with Gasteiger partial charge < -0.3 is 9.90 Å². The summed E-state index contributed by atoms with van der Waals surface area (Å²) in [5, 5.41) is 10.6. The number of carboxylic acids is 1. The zero-order chi connectivity index (χ0) is 8.88. The average molecular weight is 207 g/mol. The zero-order valence-corrected chi connectivity index (χ0v) is 10.2. The van der Waals surface area contributed by atoms with E-state index in [0.29, 0.717) is 11.3 Å². The molecule has 4 nitrogen and oxygen atoms in total. The van der Waals surface area contributed by atoms with Crippen LogP contribution in [0.2, 0.25) is 0 Å². The van der Waals surface area contributed by atoms with Gasteiger partial charge in [0.05, 0.1) is 23.5 Å². The molecule has 0 radical (unpaired) electrons. The maximum Gasteiger partial charge on any atom is 1.00 e.